The van der Waals surface area contributed by atoms with Gasteiger partial charge in [-0.05, 0) is 85.1 Å². The lowest BCUT2D eigenvalue weighted by molar-refractivity contribution is -0.223. The van der Waals surface area contributed by atoms with Gasteiger partial charge < -0.3 is 23.9 Å². The Hall–Kier alpha value is -5.42. The SMILES string of the molecule is Cc1c(C(=O)N(c2ccc(O)cc2)c2cnc3c(ccn3C)c2)cc(-c2cc(Cl)ccc2C(=O)N2Cc3ccccc3C[C@H]2CN2CC3(CCO3)C2)n1C. The molecule has 2 fully saturated rings. The Bertz CT molecular complexity index is 2440. The minimum absolute atomic E-state index is 0.00692. The molecule has 1 atom stereocenters. The molecule has 2 saturated heterocycles. The summed E-state index contributed by atoms with van der Waals surface area (Å²) in [5.41, 5.74) is 7.46. The molecule has 3 aromatic heterocycles. The van der Waals surface area contributed by atoms with Crippen LogP contribution in [0.2, 0.25) is 5.02 Å². The van der Waals surface area contributed by atoms with Gasteiger partial charge in [-0.3, -0.25) is 19.4 Å². The number of ether oxygens (including phenoxy) is 1. The summed E-state index contributed by atoms with van der Waals surface area (Å²) in [5.74, 6) is -0.252. The molecule has 11 heteroatoms. The zero-order valence-electron chi connectivity index (χ0n) is 30.5. The number of nitrogens with zero attached hydrogens (tertiary/aromatic N) is 6. The average molecular weight is 741 g/mol. The molecule has 274 valence electrons. The van der Waals surface area contributed by atoms with Crippen molar-refractivity contribution in [2.75, 3.05) is 31.1 Å². The number of pyridine rings is 1. The maximum absolute atomic E-state index is 14.9. The fourth-order valence-electron chi connectivity index (χ4n) is 8.44. The van der Waals surface area contributed by atoms with Crippen molar-refractivity contribution in [2.45, 2.75) is 38.0 Å². The minimum atomic E-state index is -0.275. The molecule has 9 rings (SSSR count). The van der Waals surface area contributed by atoms with Crippen molar-refractivity contribution in [1.29, 1.82) is 0 Å². The zero-order chi connectivity index (χ0) is 37.3. The Kier molecular flexibility index (Phi) is 8.37. The summed E-state index contributed by atoms with van der Waals surface area (Å²) in [6.45, 7) is 5.81. The first-order valence-corrected chi connectivity index (χ1v) is 18.7. The lowest BCUT2D eigenvalue weighted by atomic mass is 9.85. The number of aromatic hydroxyl groups is 1. The van der Waals surface area contributed by atoms with Crippen LogP contribution in [-0.2, 0) is 31.8 Å². The third-order valence-electron chi connectivity index (χ3n) is 11.6. The van der Waals surface area contributed by atoms with Crippen molar-refractivity contribution in [3.8, 4) is 17.0 Å². The molecule has 3 aliphatic heterocycles. The largest absolute Gasteiger partial charge is 0.508 e. The van der Waals surface area contributed by atoms with Crippen molar-refractivity contribution < 1.29 is 19.4 Å². The van der Waals surface area contributed by atoms with Gasteiger partial charge in [0.15, 0.2) is 0 Å². The maximum Gasteiger partial charge on any atom is 0.264 e. The number of phenols is 1. The minimum Gasteiger partial charge on any atom is -0.508 e. The van der Waals surface area contributed by atoms with E-state index in [2.05, 4.69) is 28.1 Å². The van der Waals surface area contributed by atoms with E-state index in [0.717, 1.165) is 61.4 Å². The number of likely N-dealkylation sites (tertiary alicyclic amines) is 1. The molecule has 6 heterocycles. The lowest BCUT2D eigenvalue weighted by Gasteiger charge is -2.56. The van der Waals surface area contributed by atoms with Crippen molar-refractivity contribution >= 4 is 45.8 Å². The predicted octanol–water partition coefficient (Wildman–Crippen LogP) is 7.27. The topological polar surface area (TPSA) is 96.1 Å². The molecule has 10 nitrogen and oxygen atoms in total. The van der Waals surface area contributed by atoms with Gasteiger partial charge in [0.1, 0.15) is 11.4 Å². The van der Waals surface area contributed by atoms with E-state index in [4.69, 9.17) is 16.3 Å². The average Bonchev–Trinajstić information content (AvgIpc) is 3.66. The Balaban J connectivity index is 1.08. The van der Waals surface area contributed by atoms with E-state index in [1.165, 1.54) is 5.56 Å². The van der Waals surface area contributed by atoms with Gasteiger partial charge in [0.25, 0.3) is 11.8 Å². The molecule has 2 amide bonds. The second-order valence-corrected chi connectivity index (χ2v) is 15.4. The van der Waals surface area contributed by atoms with Crippen LogP contribution in [0.1, 0.15) is 44.0 Å². The number of amides is 2. The number of anilines is 2. The van der Waals surface area contributed by atoms with Crippen LogP contribution in [0, 0.1) is 6.92 Å². The highest BCUT2D eigenvalue weighted by Gasteiger charge is 2.50. The van der Waals surface area contributed by atoms with E-state index in [1.807, 2.05) is 77.6 Å². The Labute approximate surface area is 318 Å². The lowest BCUT2D eigenvalue weighted by Crippen LogP contribution is -2.69. The molecule has 0 radical (unpaired) electrons. The summed E-state index contributed by atoms with van der Waals surface area (Å²) < 4.78 is 9.78. The zero-order valence-corrected chi connectivity index (χ0v) is 31.3. The highest BCUT2D eigenvalue weighted by molar-refractivity contribution is 6.31. The van der Waals surface area contributed by atoms with Crippen molar-refractivity contribution in [3.05, 3.63) is 130 Å². The fraction of sp³-hybridized carbons (Fsp3) is 0.279. The number of carbonyl (C=O) groups is 2. The van der Waals surface area contributed by atoms with Gasteiger partial charge >= 0.3 is 0 Å². The molecule has 0 bridgehead atoms. The predicted molar refractivity (Wildman–Crippen MR) is 209 cm³/mol. The van der Waals surface area contributed by atoms with Crippen LogP contribution in [0.3, 0.4) is 0 Å². The Morgan fingerprint density at radius 2 is 1.72 bits per heavy atom. The van der Waals surface area contributed by atoms with E-state index >= 15 is 0 Å². The number of halogens is 1. The van der Waals surface area contributed by atoms with E-state index in [1.54, 1.807) is 41.4 Å². The highest BCUT2D eigenvalue weighted by atomic mass is 35.5. The number of carbonyl (C=O) groups excluding carboxylic acids is 2. The molecule has 54 heavy (non-hydrogen) atoms. The highest BCUT2D eigenvalue weighted by Crippen LogP contribution is 2.39. The number of hydrogen-bond donors (Lipinski definition) is 1. The van der Waals surface area contributed by atoms with Crippen LogP contribution >= 0.6 is 11.6 Å². The van der Waals surface area contributed by atoms with Crippen molar-refractivity contribution in [3.63, 3.8) is 0 Å². The van der Waals surface area contributed by atoms with Crippen LogP contribution in [0.15, 0.2) is 97.3 Å². The number of rotatable bonds is 7. The van der Waals surface area contributed by atoms with Gasteiger partial charge in [0.05, 0.1) is 29.7 Å². The number of phenolic OH excluding ortho intramolecular Hbond substituents is 1. The van der Waals surface area contributed by atoms with Crippen LogP contribution in [0.5, 0.6) is 5.75 Å². The number of fused-ring (bicyclic) bond motifs is 2. The first-order valence-electron chi connectivity index (χ1n) is 18.3. The van der Waals surface area contributed by atoms with Gasteiger partial charge in [0, 0.05) is 97.5 Å². The van der Waals surface area contributed by atoms with Crippen molar-refractivity contribution in [2.24, 2.45) is 14.1 Å². The second kappa shape index (κ2) is 13.2. The molecule has 0 unspecified atom stereocenters. The van der Waals surface area contributed by atoms with E-state index in [0.29, 0.717) is 45.3 Å². The summed E-state index contributed by atoms with van der Waals surface area (Å²) in [6, 6.07) is 26.1. The van der Waals surface area contributed by atoms with Gasteiger partial charge in [-0.1, -0.05) is 35.9 Å². The summed E-state index contributed by atoms with van der Waals surface area (Å²) in [7, 11) is 3.83. The van der Waals surface area contributed by atoms with Gasteiger partial charge in [-0.25, -0.2) is 4.98 Å². The number of aromatic nitrogens is 3. The summed E-state index contributed by atoms with van der Waals surface area (Å²) in [5, 5.41) is 11.5. The summed E-state index contributed by atoms with van der Waals surface area (Å²) >= 11 is 6.67. The normalized spacial score (nSPS) is 17.6. The number of aryl methyl sites for hydroxylation is 1. The fourth-order valence-corrected chi connectivity index (χ4v) is 8.61. The van der Waals surface area contributed by atoms with E-state index in [-0.39, 0.29) is 29.2 Å². The first kappa shape index (κ1) is 34.4. The molecule has 0 aliphatic carbocycles. The molecular formula is C43H41ClN6O4. The van der Waals surface area contributed by atoms with Gasteiger partial charge in [-0.15, -0.1) is 0 Å². The smallest absolute Gasteiger partial charge is 0.264 e. The number of hydrogen-bond acceptors (Lipinski definition) is 6. The van der Waals surface area contributed by atoms with Gasteiger partial charge in [-0.2, -0.15) is 0 Å². The monoisotopic (exact) mass is 740 g/mol. The molecule has 1 N–H and O–H groups in total. The molecular weight excluding hydrogens is 700 g/mol. The van der Waals surface area contributed by atoms with E-state index < -0.39 is 0 Å². The summed E-state index contributed by atoms with van der Waals surface area (Å²) in [6.07, 6.45) is 5.49. The molecule has 6 aromatic rings. The van der Waals surface area contributed by atoms with E-state index in [9.17, 15) is 14.7 Å². The Morgan fingerprint density at radius 3 is 2.46 bits per heavy atom. The molecule has 3 aromatic carbocycles. The molecule has 1 spiro atoms. The number of benzene rings is 3. The van der Waals surface area contributed by atoms with Crippen molar-refractivity contribution in [1.82, 2.24) is 23.9 Å². The summed E-state index contributed by atoms with van der Waals surface area (Å²) in [4.78, 5) is 40.4. The second-order valence-electron chi connectivity index (χ2n) is 15.0. The van der Waals surface area contributed by atoms with Crippen LogP contribution in [0.4, 0.5) is 11.4 Å². The van der Waals surface area contributed by atoms with Crippen LogP contribution < -0.4 is 4.90 Å². The standard InChI is InChI=1S/C43H41ClN6O4/c1-27-37(42(53)50(32-9-11-35(51)12-10-32)33-19-29-14-16-46(2)40(29)45-22-33)21-39(47(27)3)38-20-31(44)8-13-36(38)41(52)49-23-30-7-5-4-6-28(30)18-34(49)24-48-25-43(26-48)15-17-54-43/h4-14,16,19-22,34,51H,15,17-18,23-26H2,1-3H3/t34-/m0/s1. The van der Waals surface area contributed by atoms with Gasteiger partial charge in [0.2, 0.25) is 0 Å². The first-order chi connectivity index (χ1) is 26.1. The third kappa shape index (κ3) is 5.85. The molecule has 0 saturated carbocycles. The van der Waals surface area contributed by atoms with Crippen LogP contribution in [-0.4, -0.2) is 78.7 Å². The van der Waals surface area contributed by atoms with Crippen LogP contribution in [0.25, 0.3) is 22.3 Å². The quantitative estimate of drug-likeness (QED) is 0.185. The maximum atomic E-state index is 14.9. The third-order valence-corrected chi connectivity index (χ3v) is 11.8. The molecule has 3 aliphatic rings. The Morgan fingerprint density at radius 1 is 0.963 bits per heavy atom.